The highest BCUT2D eigenvalue weighted by Crippen LogP contribution is 2.23. The van der Waals surface area contributed by atoms with Crippen LogP contribution in [-0.2, 0) is 0 Å². The van der Waals surface area contributed by atoms with Crippen LogP contribution in [0.2, 0.25) is 5.02 Å². The van der Waals surface area contributed by atoms with E-state index in [4.69, 9.17) is 11.6 Å². The first-order chi connectivity index (χ1) is 12.6. The minimum atomic E-state index is -0.103. The van der Waals surface area contributed by atoms with Gasteiger partial charge in [-0.1, -0.05) is 11.6 Å². The first-order valence-corrected chi connectivity index (χ1v) is 8.84. The summed E-state index contributed by atoms with van der Waals surface area (Å²) in [5, 5.41) is 12.2. The third-order valence-electron chi connectivity index (χ3n) is 4.50. The summed E-state index contributed by atoms with van der Waals surface area (Å²) in [6.07, 6.45) is 6.19. The first kappa shape index (κ1) is 16.7. The number of nitrogens with one attached hydrogen (secondary N) is 1. The van der Waals surface area contributed by atoms with Gasteiger partial charge in [0.05, 0.1) is 28.6 Å². The second-order valence-corrected chi connectivity index (χ2v) is 6.84. The van der Waals surface area contributed by atoms with Crippen molar-refractivity contribution in [1.29, 1.82) is 0 Å². The molecular weight excluding hydrogens is 352 g/mol. The minimum Gasteiger partial charge on any atom is -0.322 e. The average molecular weight is 371 g/mol. The van der Waals surface area contributed by atoms with Gasteiger partial charge in [-0.15, -0.1) is 0 Å². The summed E-state index contributed by atoms with van der Waals surface area (Å²) in [7, 11) is 0. The van der Waals surface area contributed by atoms with E-state index in [9.17, 15) is 4.79 Å². The lowest BCUT2D eigenvalue weighted by Gasteiger charge is -2.17. The summed E-state index contributed by atoms with van der Waals surface area (Å²) < 4.78 is 3.64. The summed E-state index contributed by atoms with van der Waals surface area (Å²) in [5.41, 5.74) is 2.67. The molecule has 0 bridgehead atoms. The molecule has 3 heterocycles. The monoisotopic (exact) mass is 370 g/mol. The molecule has 1 aliphatic heterocycles. The minimum absolute atomic E-state index is 0.103. The van der Waals surface area contributed by atoms with Crippen molar-refractivity contribution in [2.75, 3.05) is 18.4 Å². The third kappa shape index (κ3) is 3.43. The zero-order chi connectivity index (χ0) is 18.1. The highest BCUT2D eigenvalue weighted by Gasteiger charge is 2.28. The number of anilines is 1. The van der Waals surface area contributed by atoms with Gasteiger partial charge in [0.1, 0.15) is 0 Å². The lowest BCUT2D eigenvalue weighted by molar-refractivity contribution is 0.220. The van der Waals surface area contributed by atoms with Gasteiger partial charge >= 0.3 is 6.03 Å². The van der Waals surface area contributed by atoms with Crippen molar-refractivity contribution in [2.24, 2.45) is 0 Å². The number of aromatic nitrogens is 4. The van der Waals surface area contributed by atoms with E-state index in [-0.39, 0.29) is 12.1 Å². The number of benzene rings is 1. The van der Waals surface area contributed by atoms with Crippen molar-refractivity contribution in [3.05, 3.63) is 59.6 Å². The van der Waals surface area contributed by atoms with Crippen LogP contribution in [0.25, 0.3) is 5.69 Å². The van der Waals surface area contributed by atoms with Crippen LogP contribution in [-0.4, -0.2) is 43.6 Å². The van der Waals surface area contributed by atoms with Gasteiger partial charge in [0.2, 0.25) is 0 Å². The molecule has 1 aromatic carbocycles. The zero-order valence-electron chi connectivity index (χ0n) is 14.3. The Morgan fingerprint density at radius 1 is 1.27 bits per heavy atom. The Morgan fingerprint density at radius 2 is 2.08 bits per heavy atom. The van der Waals surface area contributed by atoms with Crippen LogP contribution in [0.15, 0.2) is 48.9 Å². The Morgan fingerprint density at radius 3 is 2.73 bits per heavy atom. The molecule has 134 valence electrons. The molecule has 1 N–H and O–H groups in total. The number of amides is 2. The fourth-order valence-electron chi connectivity index (χ4n) is 3.12. The largest absolute Gasteiger partial charge is 0.322 e. The maximum atomic E-state index is 12.5. The molecule has 1 saturated heterocycles. The van der Waals surface area contributed by atoms with E-state index < -0.39 is 0 Å². The summed E-state index contributed by atoms with van der Waals surface area (Å²) in [5.74, 6) is 0. The van der Waals surface area contributed by atoms with E-state index in [0.29, 0.717) is 18.1 Å². The van der Waals surface area contributed by atoms with Crippen LogP contribution in [0.3, 0.4) is 0 Å². The smallest absolute Gasteiger partial charge is 0.321 e. The number of rotatable bonds is 3. The van der Waals surface area contributed by atoms with Gasteiger partial charge in [-0.05, 0) is 43.7 Å². The number of nitrogens with zero attached hydrogens (tertiary/aromatic N) is 5. The fourth-order valence-corrected chi connectivity index (χ4v) is 3.26. The number of likely N-dealkylation sites (tertiary alicyclic amines) is 1. The molecule has 7 nitrogen and oxygen atoms in total. The molecule has 0 saturated carbocycles. The van der Waals surface area contributed by atoms with Crippen LogP contribution < -0.4 is 5.32 Å². The number of hydrogen-bond acceptors (Lipinski definition) is 3. The van der Waals surface area contributed by atoms with Gasteiger partial charge in [0.25, 0.3) is 0 Å². The highest BCUT2D eigenvalue weighted by atomic mass is 35.5. The van der Waals surface area contributed by atoms with Crippen molar-refractivity contribution in [1.82, 2.24) is 24.5 Å². The molecule has 0 spiro atoms. The van der Waals surface area contributed by atoms with Gasteiger partial charge in [0, 0.05) is 31.2 Å². The average Bonchev–Trinajstić information content (AvgIpc) is 3.36. The van der Waals surface area contributed by atoms with Crippen LogP contribution in [0, 0.1) is 6.92 Å². The Labute approximate surface area is 156 Å². The summed E-state index contributed by atoms with van der Waals surface area (Å²) in [6, 6.07) is 9.64. The van der Waals surface area contributed by atoms with E-state index in [0.717, 1.165) is 23.5 Å². The Balaban J connectivity index is 1.37. The summed E-state index contributed by atoms with van der Waals surface area (Å²) in [4.78, 5) is 14.3. The molecule has 2 aromatic heterocycles. The van der Waals surface area contributed by atoms with Gasteiger partial charge in [0.15, 0.2) is 0 Å². The molecule has 0 radical (unpaired) electrons. The molecular formula is C18H19ClN6O. The Hall–Kier alpha value is -2.80. The number of halogens is 1. The standard InChI is InChI=1S/C18H19ClN6O/c1-13-6-9-24(22-13)16-4-2-15(3-5-16)21-18(26)23-8-7-17(12-23)25-11-14(19)10-20-25/h2-6,9-11,17H,7-8,12H2,1H3,(H,21,26). The predicted molar refractivity (Wildman–Crippen MR) is 99.8 cm³/mol. The van der Waals surface area contributed by atoms with Crippen molar-refractivity contribution in [3.63, 3.8) is 0 Å². The zero-order valence-corrected chi connectivity index (χ0v) is 15.1. The predicted octanol–water partition coefficient (Wildman–Crippen LogP) is 3.51. The van der Waals surface area contributed by atoms with E-state index in [1.165, 1.54) is 0 Å². The van der Waals surface area contributed by atoms with Crippen LogP contribution >= 0.6 is 11.6 Å². The van der Waals surface area contributed by atoms with Crippen molar-refractivity contribution < 1.29 is 4.79 Å². The topological polar surface area (TPSA) is 68.0 Å². The van der Waals surface area contributed by atoms with Crippen LogP contribution in [0.4, 0.5) is 10.5 Å². The van der Waals surface area contributed by atoms with E-state index in [1.54, 1.807) is 22.0 Å². The summed E-state index contributed by atoms with van der Waals surface area (Å²) in [6.45, 7) is 3.26. The third-order valence-corrected chi connectivity index (χ3v) is 4.70. The SMILES string of the molecule is Cc1ccn(-c2ccc(NC(=O)N3CCC(n4cc(Cl)cn4)C3)cc2)n1. The second kappa shape index (κ2) is 6.84. The fraction of sp³-hybridized carbons (Fsp3) is 0.278. The van der Waals surface area contributed by atoms with Gasteiger partial charge in [-0.2, -0.15) is 10.2 Å². The van der Waals surface area contributed by atoms with Gasteiger partial charge in [-0.25, -0.2) is 9.48 Å². The molecule has 8 heteroatoms. The van der Waals surface area contributed by atoms with Crippen LogP contribution in [0.1, 0.15) is 18.2 Å². The first-order valence-electron chi connectivity index (χ1n) is 8.47. The van der Waals surface area contributed by atoms with Crippen molar-refractivity contribution >= 4 is 23.3 Å². The number of carbonyl (C=O) groups excluding carboxylic acids is 1. The molecule has 0 aliphatic carbocycles. The number of aryl methyl sites for hydroxylation is 1. The van der Waals surface area contributed by atoms with E-state index in [1.807, 2.05) is 48.1 Å². The molecule has 3 aromatic rings. The van der Waals surface area contributed by atoms with E-state index in [2.05, 4.69) is 15.5 Å². The Bertz CT molecular complexity index is 916. The maximum Gasteiger partial charge on any atom is 0.321 e. The Kier molecular flexibility index (Phi) is 4.38. The molecule has 26 heavy (non-hydrogen) atoms. The maximum absolute atomic E-state index is 12.5. The molecule has 1 atom stereocenters. The molecule has 4 rings (SSSR count). The molecule has 1 fully saturated rings. The molecule has 1 unspecified atom stereocenters. The number of hydrogen-bond donors (Lipinski definition) is 1. The van der Waals surface area contributed by atoms with Crippen molar-refractivity contribution in [2.45, 2.75) is 19.4 Å². The quantitative estimate of drug-likeness (QED) is 0.767. The normalized spacial score (nSPS) is 16.8. The lowest BCUT2D eigenvalue weighted by atomic mass is 10.3. The highest BCUT2D eigenvalue weighted by molar-refractivity contribution is 6.30. The second-order valence-electron chi connectivity index (χ2n) is 6.41. The number of urea groups is 1. The van der Waals surface area contributed by atoms with Gasteiger partial charge < -0.3 is 10.2 Å². The molecule has 1 aliphatic rings. The lowest BCUT2D eigenvalue weighted by Crippen LogP contribution is -2.33. The van der Waals surface area contributed by atoms with E-state index >= 15 is 0 Å². The molecule has 2 amide bonds. The summed E-state index contributed by atoms with van der Waals surface area (Å²) >= 11 is 5.92. The van der Waals surface area contributed by atoms with Gasteiger partial charge in [-0.3, -0.25) is 4.68 Å². The van der Waals surface area contributed by atoms with Crippen molar-refractivity contribution in [3.8, 4) is 5.69 Å². The number of carbonyl (C=O) groups is 1. The van der Waals surface area contributed by atoms with Crippen LogP contribution in [0.5, 0.6) is 0 Å².